The van der Waals surface area contributed by atoms with Gasteiger partial charge in [-0.15, -0.1) is 0 Å². The Morgan fingerprint density at radius 1 is 0.884 bits per heavy atom. The Hall–Kier alpha value is -4.61. The van der Waals surface area contributed by atoms with E-state index in [-0.39, 0.29) is 32.1 Å². The molecule has 5 N–H and O–H groups in total. The number of amides is 4. The van der Waals surface area contributed by atoms with Crippen LogP contribution in [0.15, 0.2) is 78.9 Å². The van der Waals surface area contributed by atoms with E-state index in [0.29, 0.717) is 22.7 Å². The van der Waals surface area contributed by atoms with Crippen LogP contribution in [0.1, 0.15) is 36.7 Å². The Kier molecular flexibility index (Phi) is 11.9. The van der Waals surface area contributed by atoms with Gasteiger partial charge >= 0.3 is 12.1 Å². The first-order valence-electron chi connectivity index (χ1n) is 13.9. The fraction of sp³-hybridized carbons (Fsp3) is 0.344. The standard InChI is InChI=1S/C32H40N4O7/c1-32(2,3)43-31(41)36(19-27(38)21-42-28-8-6-5-7-9-28)26(20-37)18-22-10-14-24(15-11-22)34-30(40)35-25-16-12-23(13-17-25)29(39)33-4/h5-17,26-27,37-38H,18-21H2,1-4H3,(H,33,39)(H2,34,35,40)/t26-,27-/m0/s1. The maximum atomic E-state index is 13.1. The SMILES string of the molecule is CNC(=O)c1ccc(NC(=O)Nc2ccc(C[C@@H](CO)N(C[C@H](O)COc3ccccc3)C(=O)OC(C)(C)C)cc2)cc1. The number of anilines is 2. The summed E-state index contributed by atoms with van der Waals surface area (Å²) >= 11 is 0. The molecule has 43 heavy (non-hydrogen) atoms. The summed E-state index contributed by atoms with van der Waals surface area (Å²) in [4.78, 5) is 38.6. The van der Waals surface area contributed by atoms with Crippen LogP contribution >= 0.6 is 0 Å². The number of hydrogen-bond donors (Lipinski definition) is 5. The van der Waals surface area contributed by atoms with Gasteiger partial charge < -0.3 is 35.6 Å². The molecule has 0 aromatic heterocycles. The van der Waals surface area contributed by atoms with Gasteiger partial charge in [0.1, 0.15) is 24.1 Å². The average molecular weight is 593 g/mol. The predicted molar refractivity (Wildman–Crippen MR) is 164 cm³/mol. The highest BCUT2D eigenvalue weighted by Gasteiger charge is 2.30. The Labute approximate surface area is 251 Å². The maximum Gasteiger partial charge on any atom is 0.410 e. The van der Waals surface area contributed by atoms with E-state index in [1.54, 1.807) is 88.5 Å². The number of hydrogen-bond acceptors (Lipinski definition) is 7. The topological polar surface area (TPSA) is 149 Å². The quantitative estimate of drug-likeness (QED) is 0.211. The van der Waals surface area contributed by atoms with Crippen LogP contribution in [0.2, 0.25) is 0 Å². The minimum absolute atomic E-state index is 0.0535. The van der Waals surface area contributed by atoms with E-state index in [1.165, 1.54) is 4.90 Å². The second-order valence-corrected chi connectivity index (χ2v) is 10.9. The van der Waals surface area contributed by atoms with E-state index >= 15 is 0 Å². The average Bonchev–Trinajstić information content (AvgIpc) is 2.98. The fourth-order valence-corrected chi connectivity index (χ4v) is 4.09. The van der Waals surface area contributed by atoms with Crippen LogP contribution in [-0.4, -0.2) is 77.7 Å². The number of rotatable bonds is 12. The first kappa shape index (κ1) is 32.9. The molecule has 0 radical (unpaired) electrons. The second kappa shape index (κ2) is 15.6. The molecule has 11 nitrogen and oxygen atoms in total. The van der Waals surface area contributed by atoms with Gasteiger partial charge in [0.2, 0.25) is 0 Å². The number of benzene rings is 3. The van der Waals surface area contributed by atoms with Crippen LogP contribution in [0, 0.1) is 0 Å². The smallest absolute Gasteiger partial charge is 0.410 e. The van der Waals surface area contributed by atoms with Crippen molar-refractivity contribution in [3.8, 4) is 5.75 Å². The van der Waals surface area contributed by atoms with Crippen LogP contribution in [0.25, 0.3) is 0 Å². The van der Waals surface area contributed by atoms with Crippen LogP contribution in [0.3, 0.4) is 0 Å². The lowest BCUT2D eigenvalue weighted by Gasteiger charge is -2.34. The molecule has 0 heterocycles. The highest BCUT2D eigenvalue weighted by molar-refractivity contribution is 6.00. The molecule has 0 saturated heterocycles. The molecular weight excluding hydrogens is 552 g/mol. The summed E-state index contributed by atoms with van der Waals surface area (Å²) < 4.78 is 11.2. The lowest BCUT2D eigenvalue weighted by molar-refractivity contribution is -0.00891. The Bertz CT molecular complexity index is 1330. The van der Waals surface area contributed by atoms with E-state index < -0.39 is 29.9 Å². The van der Waals surface area contributed by atoms with Gasteiger partial charge in [0, 0.05) is 24.0 Å². The summed E-state index contributed by atoms with van der Waals surface area (Å²) in [6.45, 7) is 4.70. The van der Waals surface area contributed by atoms with Crippen LogP contribution in [0.4, 0.5) is 21.0 Å². The molecule has 0 spiro atoms. The number of nitrogens with zero attached hydrogens (tertiary/aromatic N) is 1. The van der Waals surface area contributed by atoms with Gasteiger partial charge in [-0.2, -0.15) is 0 Å². The van der Waals surface area contributed by atoms with Gasteiger partial charge in [0.05, 0.1) is 19.2 Å². The van der Waals surface area contributed by atoms with Crippen molar-refractivity contribution in [3.05, 3.63) is 90.0 Å². The summed E-state index contributed by atoms with van der Waals surface area (Å²) in [6.07, 6.45) is -1.43. The molecule has 0 aliphatic heterocycles. The first-order chi connectivity index (χ1) is 20.5. The third-order valence-corrected chi connectivity index (χ3v) is 6.19. The largest absolute Gasteiger partial charge is 0.491 e. The molecule has 0 aliphatic rings. The molecule has 3 aromatic rings. The van der Waals surface area contributed by atoms with Gasteiger partial charge in [-0.05, 0) is 81.3 Å². The van der Waals surface area contributed by atoms with Crippen LogP contribution in [-0.2, 0) is 11.2 Å². The van der Waals surface area contributed by atoms with E-state index in [4.69, 9.17) is 9.47 Å². The van der Waals surface area contributed by atoms with E-state index in [2.05, 4.69) is 16.0 Å². The van der Waals surface area contributed by atoms with Crippen molar-refractivity contribution >= 4 is 29.4 Å². The number of para-hydroxylation sites is 1. The molecule has 0 aliphatic carbocycles. The molecule has 3 aromatic carbocycles. The van der Waals surface area contributed by atoms with E-state index in [1.807, 2.05) is 18.2 Å². The van der Waals surface area contributed by atoms with E-state index in [9.17, 15) is 24.6 Å². The highest BCUT2D eigenvalue weighted by Crippen LogP contribution is 2.18. The summed E-state index contributed by atoms with van der Waals surface area (Å²) in [5, 5.41) is 28.9. The zero-order valence-electron chi connectivity index (χ0n) is 24.9. The number of nitrogens with one attached hydrogen (secondary N) is 3. The minimum atomic E-state index is -1.04. The molecular formula is C32H40N4O7. The van der Waals surface area contributed by atoms with Gasteiger partial charge in [-0.25, -0.2) is 9.59 Å². The van der Waals surface area contributed by atoms with Crippen molar-refractivity contribution in [2.45, 2.75) is 44.9 Å². The van der Waals surface area contributed by atoms with Crippen molar-refractivity contribution in [2.24, 2.45) is 0 Å². The Morgan fingerprint density at radius 2 is 1.47 bits per heavy atom. The second-order valence-electron chi connectivity index (χ2n) is 10.9. The molecule has 3 rings (SSSR count). The summed E-state index contributed by atoms with van der Waals surface area (Å²) in [7, 11) is 1.54. The summed E-state index contributed by atoms with van der Waals surface area (Å²) in [6, 6.07) is 21.3. The third kappa shape index (κ3) is 11.0. The first-order valence-corrected chi connectivity index (χ1v) is 13.9. The van der Waals surface area contributed by atoms with Crippen molar-refractivity contribution in [2.75, 3.05) is 37.4 Å². The molecule has 4 amide bonds. The zero-order valence-corrected chi connectivity index (χ0v) is 24.9. The third-order valence-electron chi connectivity index (χ3n) is 6.19. The summed E-state index contributed by atoms with van der Waals surface area (Å²) in [5.74, 6) is 0.368. The van der Waals surface area contributed by atoms with Gasteiger partial charge in [0.25, 0.3) is 5.91 Å². The van der Waals surface area contributed by atoms with Gasteiger partial charge in [-0.1, -0.05) is 30.3 Å². The number of ether oxygens (including phenoxy) is 2. The highest BCUT2D eigenvalue weighted by atomic mass is 16.6. The monoisotopic (exact) mass is 592 g/mol. The molecule has 0 unspecified atom stereocenters. The number of carbonyl (C=O) groups is 3. The number of urea groups is 1. The van der Waals surface area contributed by atoms with Crippen molar-refractivity contribution < 1.29 is 34.1 Å². The fourth-order valence-electron chi connectivity index (χ4n) is 4.09. The van der Waals surface area contributed by atoms with Gasteiger partial charge in [-0.3, -0.25) is 9.69 Å². The number of carbonyl (C=O) groups excluding carboxylic acids is 3. The predicted octanol–water partition coefficient (Wildman–Crippen LogP) is 4.27. The van der Waals surface area contributed by atoms with Crippen molar-refractivity contribution in [1.82, 2.24) is 10.2 Å². The lowest BCUT2D eigenvalue weighted by atomic mass is 10.0. The lowest BCUT2D eigenvalue weighted by Crippen LogP contribution is -2.50. The Morgan fingerprint density at radius 3 is 2.00 bits per heavy atom. The molecule has 11 heteroatoms. The normalized spacial score (nSPS) is 12.4. The van der Waals surface area contributed by atoms with Crippen molar-refractivity contribution in [3.63, 3.8) is 0 Å². The van der Waals surface area contributed by atoms with E-state index in [0.717, 1.165) is 5.56 Å². The Balaban J connectivity index is 1.62. The minimum Gasteiger partial charge on any atom is -0.491 e. The van der Waals surface area contributed by atoms with Gasteiger partial charge in [0.15, 0.2) is 0 Å². The van der Waals surface area contributed by atoms with Crippen molar-refractivity contribution in [1.29, 1.82) is 0 Å². The molecule has 0 fully saturated rings. The molecule has 0 saturated carbocycles. The zero-order chi connectivity index (χ0) is 31.4. The molecule has 2 atom stereocenters. The molecule has 230 valence electrons. The van der Waals surface area contributed by atoms with Crippen LogP contribution < -0.4 is 20.7 Å². The number of aliphatic hydroxyl groups excluding tert-OH is 2. The molecule has 0 bridgehead atoms. The number of aliphatic hydroxyl groups is 2. The maximum absolute atomic E-state index is 13.1. The summed E-state index contributed by atoms with van der Waals surface area (Å²) in [5.41, 5.74) is 1.54. The van der Waals surface area contributed by atoms with Crippen LogP contribution in [0.5, 0.6) is 5.75 Å².